The van der Waals surface area contributed by atoms with Crippen LogP contribution in [0.3, 0.4) is 0 Å². The highest BCUT2D eigenvalue weighted by atomic mass is 16.6. The number of nitrogens with zero attached hydrogens (tertiary/aromatic N) is 2. The Hall–Kier alpha value is -3.40. The molecule has 0 aliphatic heterocycles. The third-order valence-corrected chi connectivity index (χ3v) is 4.28. The van der Waals surface area contributed by atoms with Gasteiger partial charge in [-0.15, -0.1) is 0 Å². The Morgan fingerprint density at radius 2 is 2.00 bits per heavy atom. The SMILES string of the molecule is N#CC1(C(N)=O)C=C(c2ccccc2)C([N+](=O)[O-])C1c1ccco1. The molecule has 1 aromatic heterocycles. The molecule has 1 aromatic carbocycles. The first-order chi connectivity index (χ1) is 11.5. The lowest BCUT2D eigenvalue weighted by atomic mass is 9.75. The predicted molar refractivity (Wildman–Crippen MR) is 83.9 cm³/mol. The lowest BCUT2D eigenvalue weighted by Gasteiger charge is -2.23. The van der Waals surface area contributed by atoms with Gasteiger partial charge in [0, 0.05) is 10.5 Å². The summed E-state index contributed by atoms with van der Waals surface area (Å²) in [4.78, 5) is 23.4. The van der Waals surface area contributed by atoms with E-state index < -0.39 is 28.2 Å². The van der Waals surface area contributed by atoms with Crippen molar-refractivity contribution >= 4 is 11.5 Å². The Morgan fingerprint density at radius 1 is 1.29 bits per heavy atom. The average Bonchev–Trinajstić information content (AvgIpc) is 3.21. The minimum atomic E-state index is -1.85. The molecule has 120 valence electrons. The van der Waals surface area contributed by atoms with Crippen molar-refractivity contribution in [3.63, 3.8) is 0 Å². The Balaban J connectivity index is 2.26. The van der Waals surface area contributed by atoms with Gasteiger partial charge in [-0.05, 0) is 23.8 Å². The molecule has 3 unspecified atom stereocenters. The molecule has 1 amide bonds. The first-order valence-electron chi connectivity index (χ1n) is 7.17. The maximum absolute atomic E-state index is 12.1. The Labute approximate surface area is 137 Å². The summed E-state index contributed by atoms with van der Waals surface area (Å²) in [5, 5.41) is 21.4. The van der Waals surface area contributed by atoms with Crippen LogP contribution in [-0.2, 0) is 4.79 Å². The van der Waals surface area contributed by atoms with Crippen LogP contribution in [0.5, 0.6) is 0 Å². The number of benzene rings is 1. The summed E-state index contributed by atoms with van der Waals surface area (Å²) in [7, 11) is 0. The molecule has 2 N–H and O–H groups in total. The molecule has 2 aromatic rings. The van der Waals surface area contributed by atoms with Crippen LogP contribution in [0.25, 0.3) is 5.57 Å². The normalized spacial score (nSPS) is 25.7. The number of hydrogen-bond donors (Lipinski definition) is 1. The van der Waals surface area contributed by atoms with Crippen LogP contribution in [0.1, 0.15) is 17.2 Å². The van der Waals surface area contributed by atoms with Crippen LogP contribution in [0.4, 0.5) is 0 Å². The van der Waals surface area contributed by atoms with E-state index in [9.17, 15) is 20.2 Å². The zero-order chi connectivity index (χ0) is 17.3. The first-order valence-corrected chi connectivity index (χ1v) is 7.17. The van der Waals surface area contributed by atoms with E-state index in [-0.39, 0.29) is 11.3 Å². The minimum Gasteiger partial charge on any atom is -0.469 e. The lowest BCUT2D eigenvalue weighted by Crippen LogP contribution is -2.42. The second-order valence-electron chi connectivity index (χ2n) is 5.53. The second kappa shape index (κ2) is 5.66. The van der Waals surface area contributed by atoms with Gasteiger partial charge in [0.2, 0.25) is 5.91 Å². The number of carbonyl (C=O) groups is 1. The van der Waals surface area contributed by atoms with E-state index in [1.54, 1.807) is 36.4 Å². The molecule has 0 radical (unpaired) electrons. The molecule has 0 fully saturated rings. The molecule has 3 atom stereocenters. The molecule has 3 rings (SSSR count). The Kier molecular flexibility index (Phi) is 3.66. The summed E-state index contributed by atoms with van der Waals surface area (Å²) >= 11 is 0. The fraction of sp³-hybridized carbons (Fsp3) is 0.176. The van der Waals surface area contributed by atoms with Crippen molar-refractivity contribution in [2.45, 2.75) is 12.0 Å². The topological polar surface area (TPSA) is 123 Å². The van der Waals surface area contributed by atoms with Crippen LogP contribution < -0.4 is 5.73 Å². The van der Waals surface area contributed by atoms with Gasteiger partial charge in [-0.25, -0.2) is 0 Å². The summed E-state index contributed by atoms with van der Waals surface area (Å²) in [6.45, 7) is 0. The molecule has 0 bridgehead atoms. The van der Waals surface area contributed by atoms with Crippen LogP contribution in [-0.4, -0.2) is 16.9 Å². The molecule has 7 heteroatoms. The summed E-state index contributed by atoms with van der Waals surface area (Å²) in [5.41, 5.74) is 4.47. The van der Waals surface area contributed by atoms with E-state index in [0.29, 0.717) is 5.56 Å². The highest BCUT2D eigenvalue weighted by Crippen LogP contribution is 2.51. The fourth-order valence-electron chi connectivity index (χ4n) is 3.20. The quantitative estimate of drug-likeness (QED) is 0.681. The first kappa shape index (κ1) is 15.5. The minimum absolute atomic E-state index is 0.180. The molecular weight excluding hydrogens is 310 g/mol. The Bertz CT molecular complexity index is 852. The zero-order valence-corrected chi connectivity index (χ0v) is 12.5. The smallest absolute Gasteiger partial charge is 0.250 e. The van der Waals surface area contributed by atoms with E-state index in [1.165, 1.54) is 18.4 Å². The van der Waals surface area contributed by atoms with E-state index in [1.807, 2.05) is 6.07 Å². The number of amides is 1. The summed E-state index contributed by atoms with van der Waals surface area (Å²) in [5.74, 6) is -1.89. The molecule has 0 spiro atoms. The molecule has 0 saturated heterocycles. The summed E-state index contributed by atoms with van der Waals surface area (Å²) in [6, 6.07) is 12.2. The van der Waals surface area contributed by atoms with Gasteiger partial charge in [-0.1, -0.05) is 30.3 Å². The standard InChI is InChI=1S/C17H13N3O4/c18-10-17(16(19)21)9-12(11-5-2-1-3-6-11)15(20(22)23)14(17)13-7-4-8-24-13/h1-9,14-15H,(H2,19,21). The third kappa shape index (κ3) is 2.16. The fourth-order valence-corrected chi connectivity index (χ4v) is 3.20. The van der Waals surface area contributed by atoms with Crippen molar-refractivity contribution in [1.82, 2.24) is 0 Å². The van der Waals surface area contributed by atoms with Gasteiger partial charge in [0.25, 0.3) is 6.04 Å². The van der Waals surface area contributed by atoms with E-state index in [4.69, 9.17) is 10.2 Å². The van der Waals surface area contributed by atoms with Crippen molar-refractivity contribution in [1.29, 1.82) is 5.26 Å². The number of nitriles is 1. The number of nitrogens with two attached hydrogens (primary N) is 1. The summed E-state index contributed by atoms with van der Waals surface area (Å²) < 4.78 is 5.29. The lowest BCUT2D eigenvalue weighted by molar-refractivity contribution is -0.510. The zero-order valence-electron chi connectivity index (χ0n) is 12.5. The molecular formula is C17H13N3O4. The van der Waals surface area contributed by atoms with E-state index in [0.717, 1.165) is 0 Å². The number of furan rings is 1. The Morgan fingerprint density at radius 3 is 2.50 bits per heavy atom. The largest absolute Gasteiger partial charge is 0.469 e. The maximum atomic E-state index is 12.1. The van der Waals surface area contributed by atoms with Crippen LogP contribution >= 0.6 is 0 Å². The van der Waals surface area contributed by atoms with Crippen LogP contribution in [0, 0.1) is 26.9 Å². The van der Waals surface area contributed by atoms with Gasteiger partial charge in [-0.3, -0.25) is 14.9 Å². The van der Waals surface area contributed by atoms with Gasteiger partial charge in [0.1, 0.15) is 11.7 Å². The highest BCUT2D eigenvalue weighted by Gasteiger charge is 2.60. The molecule has 7 nitrogen and oxygen atoms in total. The third-order valence-electron chi connectivity index (χ3n) is 4.28. The van der Waals surface area contributed by atoms with Crippen LogP contribution in [0.2, 0.25) is 0 Å². The van der Waals surface area contributed by atoms with Gasteiger partial charge < -0.3 is 10.2 Å². The monoisotopic (exact) mass is 323 g/mol. The van der Waals surface area contributed by atoms with E-state index >= 15 is 0 Å². The van der Waals surface area contributed by atoms with Crippen molar-refractivity contribution in [2.75, 3.05) is 0 Å². The van der Waals surface area contributed by atoms with Crippen molar-refractivity contribution in [3.8, 4) is 6.07 Å². The second-order valence-corrected chi connectivity index (χ2v) is 5.53. The van der Waals surface area contributed by atoms with Gasteiger partial charge in [-0.2, -0.15) is 5.26 Å². The number of primary amides is 1. The number of rotatable bonds is 4. The van der Waals surface area contributed by atoms with Gasteiger partial charge in [0.15, 0.2) is 5.41 Å². The summed E-state index contributed by atoms with van der Waals surface area (Å²) in [6.07, 6.45) is 2.65. The van der Waals surface area contributed by atoms with Crippen molar-refractivity contribution < 1.29 is 14.1 Å². The number of nitro groups is 1. The predicted octanol–water partition coefficient (Wildman–Crippen LogP) is 2.10. The number of hydrogen-bond acceptors (Lipinski definition) is 5. The maximum Gasteiger partial charge on any atom is 0.250 e. The molecule has 1 heterocycles. The van der Waals surface area contributed by atoms with E-state index in [2.05, 4.69) is 0 Å². The number of carbonyl (C=O) groups excluding carboxylic acids is 1. The van der Waals surface area contributed by atoms with Crippen molar-refractivity contribution in [3.05, 3.63) is 76.2 Å². The molecule has 1 aliphatic carbocycles. The van der Waals surface area contributed by atoms with Gasteiger partial charge >= 0.3 is 0 Å². The van der Waals surface area contributed by atoms with Crippen LogP contribution in [0.15, 0.2) is 59.2 Å². The van der Waals surface area contributed by atoms with Crippen molar-refractivity contribution in [2.24, 2.45) is 11.1 Å². The molecule has 0 saturated carbocycles. The molecule has 24 heavy (non-hydrogen) atoms. The molecule has 1 aliphatic rings. The highest BCUT2D eigenvalue weighted by molar-refractivity contribution is 5.93. The van der Waals surface area contributed by atoms with Gasteiger partial charge in [0.05, 0.1) is 12.3 Å². The average molecular weight is 323 g/mol.